The van der Waals surface area contributed by atoms with Gasteiger partial charge in [0, 0.05) is 11.3 Å². The fourth-order valence-corrected chi connectivity index (χ4v) is 4.47. The van der Waals surface area contributed by atoms with E-state index in [9.17, 15) is 19.8 Å². The molecule has 4 N–H and O–H groups in total. The van der Waals surface area contributed by atoms with Gasteiger partial charge in [0.15, 0.2) is 0 Å². The lowest BCUT2D eigenvalue weighted by Crippen LogP contribution is -2.63. The monoisotopic (exact) mass is 399 g/mol. The maximum atomic E-state index is 12.6. The molecule has 2 aliphatic heterocycles. The van der Waals surface area contributed by atoms with Crippen molar-refractivity contribution in [2.75, 3.05) is 13.7 Å². The first-order valence-corrected chi connectivity index (χ1v) is 9.16. The molecule has 2 aliphatic rings. The van der Waals surface area contributed by atoms with E-state index in [4.69, 9.17) is 19.3 Å². The molecule has 0 aromatic heterocycles. The second kappa shape index (κ2) is 8.03. The fourth-order valence-electron chi connectivity index (χ4n) is 3.22. The number of aliphatic hydroxyl groups is 3. The molecule has 0 aliphatic carbocycles. The number of hydrogen-bond donors (Lipinski definition) is 4. The lowest BCUT2D eigenvalue weighted by Gasteiger charge is -2.44. The van der Waals surface area contributed by atoms with Gasteiger partial charge < -0.3 is 34.8 Å². The van der Waals surface area contributed by atoms with Gasteiger partial charge in [-0.25, -0.2) is 9.59 Å². The number of hydrogen-bond acceptors (Lipinski definition) is 9. The Morgan fingerprint density at radius 1 is 1.41 bits per heavy atom. The second-order valence-corrected chi connectivity index (χ2v) is 7.64. The van der Waals surface area contributed by atoms with Crippen LogP contribution < -0.4 is 5.32 Å². The third-order valence-electron chi connectivity index (χ3n) is 4.53. The summed E-state index contributed by atoms with van der Waals surface area (Å²) in [6, 6.07) is 8.16. The predicted octanol–water partition coefficient (Wildman–Crippen LogP) is -0.372. The Hall–Kier alpha value is -1.85. The van der Waals surface area contributed by atoms with E-state index in [2.05, 4.69) is 5.32 Å². The molecule has 6 atom stereocenters. The molecule has 2 fully saturated rings. The quantitative estimate of drug-likeness (QED) is 0.473. The molecule has 2 saturated heterocycles. The van der Waals surface area contributed by atoms with E-state index < -0.39 is 54.1 Å². The Morgan fingerprint density at radius 3 is 2.74 bits per heavy atom. The summed E-state index contributed by atoms with van der Waals surface area (Å²) in [7, 11) is 1.21. The van der Waals surface area contributed by atoms with Gasteiger partial charge in [-0.05, 0) is 12.1 Å². The highest BCUT2D eigenvalue weighted by atomic mass is 32.2. The first-order chi connectivity index (χ1) is 12.9. The van der Waals surface area contributed by atoms with Gasteiger partial charge in [-0.2, -0.15) is 0 Å². The zero-order valence-electron chi connectivity index (χ0n) is 14.5. The molecule has 0 bridgehead atoms. The third kappa shape index (κ3) is 3.90. The van der Waals surface area contributed by atoms with Crippen molar-refractivity contribution < 1.29 is 39.1 Å². The SMILES string of the molecule is COC(=O)C1(Sc2ccccc2)CC2OC(=O)NC2C(C(O)C(O)CO)O1. The predicted molar refractivity (Wildman–Crippen MR) is 92.8 cm³/mol. The number of fused-ring (bicyclic) bond motifs is 1. The molecule has 1 amide bonds. The maximum Gasteiger partial charge on any atom is 0.407 e. The molecule has 10 heteroatoms. The van der Waals surface area contributed by atoms with Crippen LogP contribution in [0.5, 0.6) is 0 Å². The Kier molecular flexibility index (Phi) is 5.92. The standard InChI is InChI=1S/C17H21NO8S/c1-24-15(22)17(27-9-5-3-2-4-6-9)7-11-12(18-16(23)25-11)14(26-17)13(21)10(20)8-19/h2-6,10-14,19-21H,7-8H2,1H3,(H,18,23). The molecule has 27 heavy (non-hydrogen) atoms. The molecule has 0 radical (unpaired) electrons. The largest absolute Gasteiger partial charge is 0.466 e. The van der Waals surface area contributed by atoms with Gasteiger partial charge in [-0.15, -0.1) is 0 Å². The number of benzene rings is 1. The zero-order chi connectivity index (χ0) is 19.6. The van der Waals surface area contributed by atoms with E-state index >= 15 is 0 Å². The van der Waals surface area contributed by atoms with E-state index in [1.807, 2.05) is 6.07 Å². The molecule has 2 heterocycles. The van der Waals surface area contributed by atoms with Crippen molar-refractivity contribution in [3.05, 3.63) is 30.3 Å². The summed E-state index contributed by atoms with van der Waals surface area (Å²) in [5.74, 6) is -0.714. The summed E-state index contributed by atoms with van der Waals surface area (Å²) in [5.41, 5.74) is 0. The highest BCUT2D eigenvalue weighted by Gasteiger charge is 2.59. The minimum atomic E-state index is -1.61. The number of esters is 1. The van der Waals surface area contributed by atoms with Gasteiger partial charge in [0.2, 0.25) is 4.93 Å². The number of methoxy groups -OCH3 is 1. The van der Waals surface area contributed by atoms with Crippen LogP contribution in [-0.2, 0) is 19.0 Å². The van der Waals surface area contributed by atoms with Crippen LogP contribution in [0.25, 0.3) is 0 Å². The molecule has 148 valence electrons. The van der Waals surface area contributed by atoms with E-state index in [-0.39, 0.29) is 6.42 Å². The topological polar surface area (TPSA) is 135 Å². The third-order valence-corrected chi connectivity index (χ3v) is 5.80. The van der Waals surface area contributed by atoms with E-state index in [0.29, 0.717) is 4.90 Å². The van der Waals surface area contributed by atoms with E-state index in [1.165, 1.54) is 7.11 Å². The normalized spacial score (nSPS) is 32.0. The number of rotatable bonds is 6. The van der Waals surface area contributed by atoms with Crippen LogP contribution in [0.15, 0.2) is 35.2 Å². The Balaban J connectivity index is 1.97. The molecule has 0 saturated carbocycles. The van der Waals surface area contributed by atoms with Crippen LogP contribution in [0, 0.1) is 0 Å². The Morgan fingerprint density at radius 2 is 2.11 bits per heavy atom. The summed E-state index contributed by atoms with van der Waals surface area (Å²) in [6.45, 7) is -0.718. The number of carbonyl (C=O) groups is 2. The molecule has 0 spiro atoms. The van der Waals surface area contributed by atoms with E-state index in [0.717, 1.165) is 11.8 Å². The van der Waals surface area contributed by atoms with Crippen molar-refractivity contribution in [3.63, 3.8) is 0 Å². The van der Waals surface area contributed by atoms with Gasteiger partial charge in [-0.3, -0.25) is 0 Å². The van der Waals surface area contributed by atoms with Gasteiger partial charge in [-0.1, -0.05) is 30.0 Å². The second-order valence-electron chi connectivity index (χ2n) is 6.30. The number of carbonyl (C=O) groups excluding carboxylic acids is 2. The highest BCUT2D eigenvalue weighted by Crippen LogP contribution is 2.46. The van der Waals surface area contributed by atoms with Gasteiger partial charge >= 0.3 is 12.1 Å². The van der Waals surface area contributed by atoms with Crippen molar-refractivity contribution in [2.45, 2.75) is 46.7 Å². The Bertz CT molecular complexity index is 689. The molecule has 1 aromatic rings. The van der Waals surface area contributed by atoms with Crippen LogP contribution >= 0.6 is 11.8 Å². The fraction of sp³-hybridized carbons (Fsp3) is 0.529. The maximum absolute atomic E-state index is 12.6. The van der Waals surface area contributed by atoms with Crippen LogP contribution in [-0.4, -0.2) is 76.5 Å². The van der Waals surface area contributed by atoms with Crippen molar-refractivity contribution in [1.82, 2.24) is 5.32 Å². The summed E-state index contributed by atoms with van der Waals surface area (Å²) >= 11 is 1.06. The molecular formula is C17H21NO8S. The number of ether oxygens (including phenoxy) is 3. The van der Waals surface area contributed by atoms with Crippen molar-refractivity contribution >= 4 is 23.8 Å². The minimum Gasteiger partial charge on any atom is -0.466 e. The lowest BCUT2D eigenvalue weighted by atomic mass is 9.90. The lowest BCUT2D eigenvalue weighted by molar-refractivity contribution is -0.199. The molecule has 6 unspecified atom stereocenters. The first-order valence-electron chi connectivity index (χ1n) is 8.34. The molecule has 3 rings (SSSR count). The van der Waals surface area contributed by atoms with Gasteiger partial charge in [0.25, 0.3) is 0 Å². The Labute approximate surface area is 159 Å². The number of alkyl carbamates (subject to hydrolysis) is 1. The number of nitrogens with one attached hydrogen (secondary N) is 1. The van der Waals surface area contributed by atoms with E-state index in [1.54, 1.807) is 24.3 Å². The van der Waals surface area contributed by atoms with Gasteiger partial charge in [0.05, 0.1) is 19.8 Å². The van der Waals surface area contributed by atoms with Crippen LogP contribution in [0.4, 0.5) is 4.79 Å². The zero-order valence-corrected chi connectivity index (χ0v) is 15.3. The molecular weight excluding hydrogens is 378 g/mol. The van der Waals surface area contributed by atoms with Crippen LogP contribution in [0.2, 0.25) is 0 Å². The average Bonchev–Trinajstić information content (AvgIpc) is 3.05. The van der Waals surface area contributed by atoms with Crippen molar-refractivity contribution in [3.8, 4) is 0 Å². The van der Waals surface area contributed by atoms with Crippen molar-refractivity contribution in [1.29, 1.82) is 0 Å². The summed E-state index contributed by atoms with van der Waals surface area (Å²) in [5, 5.41) is 32.0. The number of aliphatic hydroxyl groups excluding tert-OH is 3. The average molecular weight is 399 g/mol. The van der Waals surface area contributed by atoms with Crippen molar-refractivity contribution in [2.24, 2.45) is 0 Å². The smallest absolute Gasteiger partial charge is 0.407 e. The van der Waals surface area contributed by atoms with Gasteiger partial charge in [0.1, 0.15) is 24.4 Å². The number of amides is 1. The molecule has 9 nitrogen and oxygen atoms in total. The highest BCUT2D eigenvalue weighted by molar-refractivity contribution is 8.01. The van der Waals surface area contributed by atoms with Crippen LogP contribution in [0.3, 0.4) is 0 Å². The summed E-state index contributed by atoms with van der Waals surface area (Å²) in [4.78, 5) is 23.5. The molecule has 1 aromatic carbocycles. The number of thioether (sulfide) groups is 1. The first kappa shape index (κ1) is 19.9. The minimum absolute atomic E-state index is 0.0128. The summed E-state index contributed by atoms with van der Waals surface area (Å²) < 4.78 is 16.1. The summed E-state index contributed by atoms with van der Waals surface area (Å²) in [6.07, 6.45) is -5.80. The van der Waals surface area contributed by atoms with Crippen LogP contribution in [0.1, 0.15) is 6.42 Å².